The molecule has 3 rings (SSSR count). The van der Waals surface area contributed by atoms with E-state index < -0.39 is 0 Å². The number of phenolic OH excluding ortho intramolecular Hbond substituents is 3. The Kier molecular flexibility index (Phi) is 3.44. The topological polar surface area (TPSA) is 97.1 Å². The maximum atomic E-state index is 9.87. The number of hydrogen-bond acceptors (Lipinski definition) is 7. The molecule has 21 heavy (non-hydrogen) atoms. The van der Waals surface area contributed by atoms with Crippen molar-refractivity contribution in [1.82, 2.24) is 4.72 Å². The molecule has 0 saturated heterocycles. The van der Waals surface area contributed by atoms with E-state index in [1.165, 1.54) is 30.1 Å². The average molecular weight is 324 g/mol. The molecule has 0 bridgehead atoms. The predicted octanol–water partition coefficient (Wildman–Crippen LogP) is 3.17. The predicted molar refractivity (Wildman–Crippen MR) is 82.6 cm³/mol. The van der Waals surface area contributed by atoms with E-state index in [-0.39, 0.29) is 17.2 Å². The number of anilines is 1. The van der Waals surface area contributed by atoms with Gasteiger partial charge in [0.1, 0.15) is 11.4 Å². The van der Waals surface area contributed by atoms with E-state index in [0.717, 1.165) is 0 Å². The number of nitrogens with one attached hydrogen (secondary N) is 2. The molecule has 0 saturated carbocycles. The smallest absolute Gasteiger partial charge is 0.211 e. The molecule has 0 spiro atoms. The fourth-order valence-electron chi connectivity index (χ4n) is 1.78. The molecule has 2 aromatic rings. The van der Waals surface area contributed by atoms with Crippen molar-refractivity contribution in [2.45, 2.75) is 4.90 Å². The zero-order chi connectivity index (χ0) is 15.0. The van der Waals surface area contributed by atoms with Gasteiger partial charge in [-0.25, -0.2) is 4.99 Å². The lowest BCUT2D eigenvalue weighted by Gasteiger charge is -2.18. The van der Waals surface area contributed by atoms with Gasteiger partial charge in [0, 0.05) is 22.8 Å². The molecule has 0 aliphatic carbocycles. The fourth-order valence-corrected chi connectivity index (χ4v) is 2.79. The number of hydrogen-bond donors (Lipinski definition) is 5. The number of nitrogens with zero attached hydrogens (tertiary/aromatic N) is 1. The van der Waals surface area contributed by atoms with Gasteiger partial charge in [0.05, 0.1) is 4.90 Å². The number of phenols is 3. The molecule has 1 heterocycles. The summed E-state index contributed by atoms with van der Waals surface area (Å²) < 4.78 is 2.95. The Morgan fingerprint density at radius 3 is 2.62 bits per heavy atom. The summed E-state index contributed by atoms with van der Waals surface area (Å²) in [6, 6.07) is 7.42. The van der Waals surface area contributed by atoms with Crippen LogP contribution in [0.1, 0.15) is 0 Å². The number of benzene rings is 2. The molecule has 1 aliphatic heterocycles. The van der Waals surface area contributed by atoms with Crippen molar-refractivity contribution >= 4 is 40.9 Å². The van der Waals surface area contributed by atoms with Crippen molar-refractivity contribution in [3.05, 3.63) is 35.4 Å². The zero-order valence-corrected chi connectivity index (χ0v) is 12.0. The maximum Gasteiger partial charge on any atom is 0.211 e. The van der Waals surface area contributed by atoms with Crippen molar-refractivity contribution < 1.29 is 15.3 Å². The molecular formula is C13H10ClN3O3S. The minimum atomic E-state index is -0.237. The van der Waals surface area contributed by atoms with Gasteiger partial charge in [-0.15, -0.1) is 0 Å². The molecule has 0 radical (unpaired) electrons. The number of aliphatic imine (C=N–C) groups is 1. The summed E-state index contributed by atoms with van der Waals surface area (Å²) in [6.45, 7) is 0. The van der Waals surface area contributed by atoms with Crippen LogP contribution in [0.25, 0.3) is 0 Å². The number of halogens is 1. The SMILES string of the molecule is Oc1ccc(NC2=Nc3c(O)cc(Cl)cc3SN2)cc1O. The van der Waals surface area contributed by atoms with Crippen molar-refractivity contribution in [1.29, 1.82) is 0 Å². The van der Waals surface area contributed by atoms with Crippen LogP contribution in [0.3, 0.4) is 0 Å². The van der Waals surface area contributed by atoms with E-state index in [0.29, 0.717) is 27.3 Å². The standard InChI is InChI=1S/C13H10ClN3O3S/c14-6-3-10(20)12-11(4-6)21-17-13(16-12)15-7-1-2-8(18)9(19)5-7/h1-5,18-20H,(H2,15,16,17). The molecular weight excluding hydrogens is 314 g/mol. The summed E-state index contributed by atoms with van der Waals surface area (Å²) in [5.74, 6) is -0.0697. The van der Waals surface area contributed by atoms with Gasteiger partial charge < -0.3 is 20.6 Å². The Hall–Kier alpha value is -2.25. The monoisotopic (exact) mass is 323 g/mol. The maximum absolute atomic E-state index is 9.87. The Morgan fingerprint density at radius 2 is 1.86 bits per heavy atom. The molecule has 0 fully saturated rings. The van der Waals surface area contributed by atoms with Gasteiger partial charge in [0.2, 0.25) is 5.96 Å². The highest BCUT2D eigenvalue weighted by Gasteiger charge is 2.17. The van der Waals surface area contributed by atoms with Crippen LogP contribution in [0, 0.1) is 0 Å². The third kappa shape index (κ3) is 2.79. The van der Waals surface area contributed by atoms with E-state index in [1.54, 1.807) is 12.1 Å². The summed E-state index contributed by atoms with van der Waals surface area (Å²) >= 11 is 7.12. The molecule has 0 atom stereocenters. The van der Waals surface area contributed by atoms with E-state index in [2.05, 4.69) is 15.0 Å². The number of rotatable bonds is 1. The highest BCUT2D eigenvalue weighted by Crippen LogP contribution is 2.41. The first-order chi connectivity index (χ1) is 10.0. The van der Waals surface area contributed by atoms with Gasteiger partial charge in [-0.3, -0.25) is 4.72 Å². The van der Waals surface area contributed by atoms with Gasteiger partial charge in [-0.1, -0.05) is 11.6 Å². The normalized spacial score (nSPS) is 13.1. The Morgan fingerprint density at radius 1 is 1.05 bits per heavy atom. The summed E-state index contributed by atoms with van der Waals surface area (Å²) in [5.41, 5.74) is 0.947. The lowest BCUT2D eigenvalue weighted by atomic mass is 10.3. The molecule has 8 heteroatoms. The lowest BCUT2D eigenvalue weighted by Crippen LogP contribution is -2.26. The quantitative estimate of drug-likeness (QED) is 0.314. The van der Waals surface area contributed by atoms with Crippen molar-refractivity contribution in [2.75, 3.05) is 5.32 Å². The second-order valence-electron chi connectivity index (χ2n) is 4.26. The van der Waals surface area contributed by atoms with Crippen LogP contribution in [0.5, 0.6) is 17.2 Å². The van der Waals surface area contributed by atoms with Crippen LogP contribution in [-0.4, -0.2) is 21.3 Å². The van der Waals surface area contributed by atoms with Gasteiger partial charge in [-0.2, -0.15) is 0 Å². The molecule has 6 nitrogen and oxygen atoms in total. The third-order valence-corrected chi connectivity index (χ3v) is 3.78. The van der Waals surface area contributed by atoms with Gasteiger partial charge in [0.25, 0.3) is 0 Å². The fraction of sp³-hybridized carbons (Fsp3) is 0. The molecule has 0 aromatic heterocycles. The van der Waals surface area contributed by atoms with Crippen LogP contribution in [-0.2, 0) is 0 Å². The Bertz CT molecular complexity index is 752. The number of aromatic hydroxyl groups is 3. The van der Waals surface area contributed by atoms with Crippen LogP contribution in [0.2, 0.25) is 5.02 Å². The zero-order valence-electron chi connectivity index (χ0n) is 10.5. The summed E-state index contributed by atoms with van der Waals surface area (Å²) in [4.78, 5) is 4.96. The van der Waals surface area contributed by atoms with Gasteiger partial charge in [0.15, 0.2) is 11.5 Å². The van der Waals surface area contributed by atoms with E-state index >= 15 is 0 Å². The lowest BCUT2D eigenvalue weighted by molar-refractivity contribution is 0.404. The van der Waals surface area contributed by atoms with Crippen molar-refractivity contribution in [3.8, 4) is 17.2 Å². The molecule has 1 aliphatic rings. The average Bonchev–Trinajstić information content (AvgIpc) is 2.43. The van der Waals surface area contributed by atoms with E-state index in [4.69, 9.17) is 11.6 Å². The number of fused-ring (bicyclic) bond motifs is 1. The largest absolute Gasteiger partial charge is 0.506 e. The summed E-state index contributed by atoms with van der Waals surface area (Å²) in [7, 11) is 0. The molecule has 108 valence electrons. The van der Waals surface area contributed by atoms with Crippen molar-refractivity contribution in [2.24, 2.45) is 4.99 Å². The second-order valence-corrected chi connectivity index (χ2v) is 5.55. The first-order valence-electron chi connectivity index (χ1n) is 5.86. The Balaban J connectivity index is 1.90. The van der Waals surface area contributed by atoms with Crippen LogP contribution < -0.4 is 10.0 Å². The van der Waals surface area contributed by atoms with Crippen LogP contribution in [0.15, 0.2) is 40.2 Å². The molecule has 0 unspecified atom stereocenters. The van der Waals surface area contributed by atoms with Crippen molar-refractivity contribution in [3.63, 3.8) is 0 Å². The molecule has 2 aromatic carbocycles. The van der Waals surface area contributed by atoms with Crippen LogP contribution in [0.4, 0.5) is 11.4 Å². The molecule has 5 N–H and O–H groups in total. The van der Waals surface area contributed by atoms with Gasteiger partial charge >= 0.3 is 0 Å². The highest BCUT2D eigenvalue weighted by atomic mass is 35.5. The minimum absolute atomic E-state index is 0.0145. The summed E-state index contributed by atoms with van der Waals surface area (Å²) in [6.07, 6.45) is 0. The summed E-state index contributed by atoms with van der Waals surface area (Å²) in [5, 5.41) is 31.9. The number of guanidine groups is 1. The highest BCUT2D eigenvalue weighted by molar-refractivity contribution is 7.98. The first-order valence-corrected chi connectivity index (χ1v) is 7.05. The van der Waals surface area contributed by atoms with Crippen LogP contribution >= 0.6 is 23.5 Å². The second kappa shape index (κ2) is 5.27. The van der Waals surface area contributed by atoms with Gasteiger partial charge in [-0.05, 0) is 30.1 Å². The third-order valence-electron chi connectivity index (χ3n) is 2.74. The molecule has 0 amide bonds. The Labute approximate surface area is 129 Å². The minimum Gasteiger partial charge on any atom is -0.506 e. The van der Waals surface area contributed by atoms with E-state index in [1.807, 2.05) is 0 Å². The first kappa shape index (κ1) is 13.7. The van der Waals surface area contributed by atoms with E-state index in [9.17, 15) is 15.3 Å².